The fourth-order valence-corrected chi connectivity index (χ4v) is 11.7. The summed E-state index contributed by atoms with van der Waals surface area (Å²) in [5.74, 6) is -2.18. The fourth-order valence-electron chi connectivity index (χ4n) is 8.25. The van der Waals surface area contributed by atoms with Crippen LogP contribution in [0.3, 0.4) is 0 Å². The topological polar surface area (TPSA) is 149 Å². The molecule has 0 spiro atoms. The minimum absolute atomic E-state index is 0.0100. The molecule has 2 saturated carbocycles. The number of aromatic nitrogens is 3. The highest BCUT2D eigenvalue weighted by Crippen LogP contribution is 2.57. The third-order valence-electron chi connectivity index (χ3n) is 12.2. The molecule has 1 saturated heterocycles. The van der Waals surface area contributed by atoms with Crippen LogP contribution < -0.4 is 9.46 Å². The number of rotatable bonds is 13. The Labute approximate surface area is 359 Å². The van der Waals surface area contributed by atoms with E-state index in [4.69, 9.17) is 19.7 Å². The molecule has 2 aromatic carbocycles. The average Bonchev–Trinajstić information content (AvgIpc) is 4.07. The van der Waals surface area contributed by atoms with Crippen LogP contribution in [0.25, 0.3) is 31.7 Å². The number of halogens is 3. The number of fused-ring (bicyclic) bond motifs is 3. The molecule has 3 aliphatic rings. The number of aryl methyl sites for hydroxylation is 2. The van der Waals surface area contributed by atoms with Gasteiger partial charge in [-0.15, -0.1) is 29.3 Å². The van der Waals surface area contributed by atoms with Crippen molar-refractivity contribution in [2.45, 2.75) is 96.7 Å². The Morgan fingerprint density at radius 2 is 1.74 bits per heavy atom. The van der Waals surface area contributed by atoms with Crippen molar-refractivity contribution in [3.63, 3.8) is 0 Å². The van der Waals surface area contributed by atoms with Crippen LogP contribution in [0.1, 0.15) is 74.0 Å². The number of allylic oxidation sites excluding steroid dienone is 1. The number of ether oxygens (including phenoxy) is 1. The molecular weight excluding hydrogens is 848 g/mol. The van der Waals surface area contributed by atoms with Crippen LogP contribution >= 0.6 is 22.7 Å². The lowest BCUT2D eigenvalue weighted by Crippen LogP contribution is -2.48. The normalized spacial score (nSPS) is 22.4. The van der Waals surface area contributed by atoms with Crippen molar-refractivity contribution in [2.75, 3.05) is 6.54 Å². The molecule has 3 aromatic heterocycles. The number of nitrogens with zero attached hydrogens (tertiary/aromatic N) is 4. The minimum atomic E-state index is -4.53. The number of carbonyl (C=O) groups excluding carboxylic acids is 3. The molecule has 5 atom stereocenters. The Kier molecular flexibility index (Phi) is 10.9. The van der Waals surface area contributed by atoms with Crippen molar-refractivity contribution < 1.29 is 40.7 Å². The molecule has 322 valence electrons. The summed E-state index contributed by atoms with van der Waals surface area (Å²) in [5, 5.41) is 0.953. The molecule has 1 N–H and O–H groups in total. The van der Waals surface area contributed by atoms with Crippen molar-refractivity contribution in [1.82, 2.24) is 24.6 Å². The molecule has 3 fully saturated rings. The van der Waals surface area contributed by atoms with E-state index in [0.29, 0.717) is 35.0 Å². The number of hydrogen-bond donors (Lipinski definition) is 1. The van der Waals surface area contributed by atoms with Crippen LogP contribution in [-0.2, 0) is 37.0 Å². The number of alkyl halides is 3. The van der Waals surface area contributed by atoms with Gasteiger partial charge < -0.3 is 9.64 Å². The molecule has 0 bridgehead atoms. The highest BCUT2D eigenvalue weighted by Gasteiger charge is 2.61. The largest absolute Gasteiger partial charge is 0.471 e. The van der Waals surface area contributed by atoms with Gasteiger partial charge in [0.2, 0.25) is 27.7 Å². The van der Waals surface area contributed by atoms with E-state index in [9.17, 15) is 36.0 Å². The quantitative estimate of drug-likeness (QED) is 0.115. The minimum Gasteiger partial charge on any atom is -0.471 e. The van der Waals surface area contributed by atoms with Gasteiger partial charge in [-0.2, -0.15) is 18.2 Å². The predicted octanol–water partition coefficient (Wildman–Crippen LogP) is 8.62. The Hall–Kier alpha value is -4.74. The van der Waals surface area contributed by atoms with E-state index in [1.54, 1.807) is 6.08 Å². The number of hydrogen-bond acceptors (Lipinski definition) is 11. The van der Waals surface area contributed by atoms with Crippen molar-refractivity contribution in [1.29, 1.82) is 0 Å². The smallest absolute Gasteiger partial charge is 0.416 e. The number of sulfonamides is 1. The summed E-state index contributed by atoms with van der Waals surface area (Å²) in [4.78, 5) is 60.3. The third kappa shape index (κ3) is 8.44. The van der Waals surface area contributed by atoms with E-state index < -0.39 is 73.5 Å². The first-order chi connectivity index (χ1) is 28.7. The van der Waals surface area contributed by atoms with Crippen LogP contribution in [0, 0.1) is 36.5 Å². The van der Waals surface area contributed by atoms with E-state index in [0.717, 1.165) is 37.8 Å². The van der Waals surface area contributed by atoms with Gasteiger partial charge in [0.1, 0.15) is 10.8 Å². The lowest BCUT2D eigenvalue weighted by Gasteiger charge is -2.35. The van der Waals surface area contributed by atoms with Gasteiger partial charge in [-0.1, -0.05) is 57.2 Å². The summed E-state index contributed by atoms with van der Waals surface area (Å²) in [7, 11) is -3.90. The molecule has 11 nitrogen and oxygen atoms in total. The first kappa shape index (κ1) is 42.9. The zero-order chi connectivity index (χ0) is 43.8. The molecule has 61 heavy (non-hydrogen) atoms. The summed E-state index contributed by atoms with van der Waals surface area (Å²) in [6.45, 7) is 13.6. The predicted molar refractivity (Wildman–Crippen MR) is 229 cm³/mol. The van der Waals surface area contributed by atoms with Crippen molar-refractivity contribution in [2.24, 2.45) is 22.7 Å². The van der Waals surface area contributed by atoms with E-state index >= 15 is 0 Å². The molecule has 4 heterocycles. The van der Waals surface area contributed by atoms with Crippen LogP contribution in [0.15, 0.2) is 61.2 Å². The lowest BCUT2D eigenvalue weighted by atomic mass is 9.77. The first-order valence-corrected chi connectivity index (χ1v) is 23.3. The number of carbonyl (C=O) groups is 3. The van der Waals surface area contributed by atoms with E-state index in [1.807, 2.05) is 58.9 Å². The summed E-state index contributed by atoms with van der Waals surface area (Å²) in [6, 6.07) is 11.1. The van der Waals surface area contributed by atoms with E-state index in [1.165, 1.54) is 39.7 Å². The fraction of sp³-hybridized carbons (Fsp3) is 0.455. The van der Waals surface area contributed by atoms with Gasteiger partial charge >= 0.3 is 6.18 Å². The molecule has 1 aliphatic heterocycles. The molecule has 2 amide bonds. The maximum Gasteiger partial charge on any atom is 0.416 e. The second-order valence-electron chi connectivity index (χ2n) is 17.6. The van der Waals surface area contributed by atoms with Gasteiger partial charge in [-0.3, -0.25) is 19.1 Å². The maximum absolute atomic E-state index is 15.0. The monoisotopic (exact) mass is 893 g/mol. The van der Waals surface area contributed by atoms with Gasteiger partial charge in [0.15, 0.2) is 11.6 Å². The number of amides is 2. The van der Waals surface area contributed by atoms with Crippen LogP contribution in [0.4, 0.5) is 13.2 Å². The van der Waals surface area contributed by atoms with Crippen LogP contribution in [-0.4, -0.2) is 69.8 Å². The molecule has 0 radical (unpaired) electrons. The Bertz CT molecular complexity index is 2670. The standard InChI is InChI=1S/C44H46F3N5O6S3/c1-7-26-20-43(26,41(55)51-61(56,57)29-16-17-29)21-33(53)32-18-28(22-52(32)40(54)31(42(4,5)6)19-35-48-23(2)24(3)59-35)58-39-37-36(30-10-8-9-11-34(30)60-37)49-38(50-39)25-12-14-27(15-13-25)44(45,46)47/h7-15,26,28-29,31-32H,1,16-22H2,2-6H3,(H,51,55)/t26-,28-,31-,32+,43-/m1/s1. The Morgan fingerprint density at radius 3 is 2.34 bits per heavy atom. The van der Waals surface area contributed by atoms with Crippen molar-refractivity contribution in [3.05, 3.63) is 82.3 Å². The van der Waals surface area contributed by atoms with Gasteiger partial charge in [0, 0.05) is 45.7 Å². The van der Waals surface area contributed by atoms with Gasteiger partial charge in [0.05, 0.1) is 45.0 Å². The van der Waals surface area contributed by atoms with Crippen LogP contribution in [0.5, 0.6) is 5.88 Å². The number of likely N-dealkylation sites (tertiary alicyclic amines) is 1. The van der Waals surface area contributed by atoms with Gasteiger partial charge in [-0.25, -0.2) is 18.4 Å². The molecule has 17 heteroatoms. The summed E-state index contributed by atoms with van der Waals surface area (Å²) in [5.41, 5.74) is -0.958. The molecule has 2 aliphatic carbocycles. The van der Waals surface area contributed by atoms with Gasteiger partial charge in [-0.05, 0) is 62.6 Å². The number of thiophene rings is 1. The van der Waals surface area contributed by atoms with Crippen LogP contribution in [0.2, 0.25) is 0 Å². The average molecular weight is 894 g/mol. The third-order valence-corrected chi connectivity index (χ3v) is 16.3. The Morgan fingerprint density at radius 1 is 1.03 bits per heavy atom. The molecular formula is C44H46F3N5O6S3. The zero-order valence-electron chi connectivity index (χ0n) is 34.3. The number of nitrogens with one attached hydrogen (secondary N) is 1. The maximum atomic E-state index is 15.0. The number of benzene rings is 2. The number of Topliss-reactive ketones (excluding diaryl/α,β-unsaturated/α-hetero) is 1. The summed E-state index contributed by atoms with van der Waals surface area (Å²) in [6.07, 6.45) is -2.53. The van der Waals surface area contributed by atoms with Gasteiger partial charge in [0.25, 0.3) is 0 Å². The summed E-state index contributed by atoms with van der Waals surface area (Å²) < 4.78 is 76.6. The number of ketones is 1. The second kappa shape index (κ2) is 15.6. The van der Waals surface area contributed by atoms with Crippen molar-refractivity contribution >= 4 is 70.6 Å². The second-order valence-corrected chi connectivity index (χ2v) is 21.9. The van der Waals surface area contributed by atoms with E-state index in [-0.39, 0.29) is 43.4 Å². The molecule has 8 rings (SSSR count). The zero-order valence-corrected chi connectivity index (χ0v) is 36.8. The Balaban J connectivity index is 1.15. The lowest BCUT2D eigenvalue weighted by molar-refractivity contribution is -0.144. The highest BCUT2D eigenvalue weighted by atomic mass is 32.2. The first-order valence-electron chi connectivity index (χ1n) is 20.2. The van der Waals surface area contributed by atoms with Crippen molar-refractivity contribution in [3.8, 4) is 17.3 Å². The summed E-state index contributed by atoms with van der Waals surface area (Å²) >= 11 is 2.91. The SMILES string of the molecule is C=C[C@@H]1C[C@]1(CC(=O)[C@@H]1C[C@@H](Oc2nc(-c3ccc(C(F)(F)F)cc3)nc3c2sc2ccccc23)CN1C(=O)[C@@H](Cc1nc(C)c(C)s1)C(C)(C)C)C(=O)NS(=O)(=O)C1CC1. The molecule has 5 aromatic rings. The highest BCUT2D eigenvalue weighted by molar-refractivity contribution is 7.90. The van der Waals surface area contributed by atoms with E-state index in [2.05, 4.69) is 11.3 Å². The molecule has 0 unspecified atom stereocenters. The number of thiazole rings is 1.